The molecule has 3 heteroatoms. The first-order valence-corrected chi connectivity index (χ1v) is 8.02. The van der Waals surface area contributed by atoms with Gasteiger partial charge in [0.1, 0.15) is 0 Å². The quantitative estimate of drug-likeness (QED) is 0.809. The fourth-order valence-electron chi connectivity index (χ4n) is 2.09. The standard InChI is InChI=1S/C17H22N2S/c1-4-18-10-16-9-14(3)17(19-11-16)20-12-15-7-5-6-13(2)8-15/h5-9,11,18H,4,10,12H2,1-3H3. The molecule has 0 aliphatic heterocycles. The minimum absolute atomic E-state index is 0.896. The second-order valence-corrected chi connectivity index (χ2v) is 5.99. The maximum atomic E-state index is 4.59. The Morgan fingerprint density at radius 3 is 2.70 bits per heavy atom. The van der Waals surface area contributed by atoms with Crippen LogP contribution in [0.15, 0.2) is 41.6 Å². The Labute approximate surface area is 126 Å². The van der Waals surface area contributed by atoms with E-state index < -0.39 is 0 Å². The highest BCUT2D eigenvalue weighted by Gasteiger charge is 2.03. The highest BCUT2D eigenvalue weighted by Crippen LogP contribution is 2.24. The molecule has 1 aromatic heterocycles. The van der Waals surface area contributed by atoms with Crippen LogP contribution in [0, 0.1) is 13.8 Å². The summed E-state index contributed by atoms with van der Waals surface area (Å²) in [5.74, 6) is 0.974. The van der Waals surface area contributed by atoms with Crippen LogP contribution in [0.25, 0.3) is 0 Å². The lowest BCUT2D eigenvalue weighted by Crippen LogP contribution is -2.12. The Morgan fingerprint density at radius 2 is 2.00 bits per heavy atom. The van der Waals surface area contributed by atoms with Gasteiger partial charge in [0.25, 0.3) is 0 Å². The molecule has 0 radical (unpaired) electrons. The number of aromatic nitrogens is 1. The molecular weight excluding hydrogens is 264 g/mol. The Morgan fingerprint density at radius 1 is 1.15 bits per heavy atom. The smallest absolute Gasteiger partial charge is 0.0992 e. The van der Waals surface area contributed by atoms with Gasteiger partial charge in [0.15, 0.2) is 0 Å². The zero-order chi connectivity index (χ0) is 14.4. The van der Waals surface area contributed by atoms with E-state index in [1.807, 2.05) is 18.0 Å². The van der Waals surface area contributed by atoms with Crippen LogP contribution in [-0.4, -0.2) is 11.5 Å². The van der Waals surface area contributed by atoms with Crippen molar-refractivity contribution in [3.63, 3.8) is 0 Å². The van der Waals surface area contributed by atoms with Crippen LogP contribution in [0.3, 0.4) is 0 Å². The molecule has 1 heterocycles. The molecule has 0 aliphatic carbocycles. The Hall–Kier alpha value is -1.32. The van der Waals surface area contributed by atoms with Crippen molar-refractivity contribution in [1.29, 1.82) is 0 Å². The van der Waals surface area contributed by atoms with Crippen LogP contribution in [0.2, 0.25) is 0 Å². The summed E-state index contributed by atoms with van der Waals surface area (Å²) >= 11 is 1.81. The van der Waals surface area contributed by atoms with Crippen molar-refractivity contribution >= 4 is 11.8 Å². The second-order valence-electron chi connectivity index (χ2n) is 5.02. The fraction of sp³-hybridized carbons (Fsp3) is 0.353. The molecule has 0 fully saturated rings. The molecule has 0 bridgehead atoms. The molecule has 20 heavy (non-hydrogen) atoms. The lowest BCUT2D eigenvalue weighted by Gasteiger charge is -2.08. The first kappa shape index (κ1) is 15.1. The molecule has 0 amide bonds. The largest absolute Gasteiger partial charge is 0.313 e. The third kappa shape index (κ3) is 4.36. The number of pyridine rings is 1. The van der Waals surface area contributed by atoms with Crippen LogP contribution in [0.1, 0.15) is 29.2 Å². The highest BCUT2D eigenvalue weighted by molar-refractivity contribution is 7.98. The maximum Gasteiger partial charge on any atom is 0.0992 e. The van der Waals surface area contributed by atoms with E-state index in [-0.39, 0.29) is 0 Å². The SMILES string of the molecule is CCNCc1cnc(SCc2cccc(C)c2)c(C)c1. The molecule has 106 valence electrons. The zero-order valence-electron chi connectivity index (χ0n) is 12.4. The Balaban J connectivity index is 1.99. The molecule has 2 aromatic rings. The number of thioether (sulfide) groups is 1. The lowest BCUT2D eigenvalue weighted by atomic mass is 10.2. The molecule has 1 N–H and O–H groups in total. The average molecular weight is 286 g/mol. The monoisotopic (exact) mass is 286 g/mol. The number of benzene rings is 1. The summed E-state index contributed by atoms with van der Waals surface area (Å²) in [6, 6.07) is 10.9. The number of aryl methyl sites for hydroxylation is 2. The predicted molar refractivity (Wildman–Crippen MR) is 87.1 cm³/mol. The van der Waals surface area contributed by atoms with Crippen LogP contribution < -0.4 is 5.32 Å². The first-order chi connectivity index (χ1) is 9.69. The number of nitrogens with one attached hydrogen (secondary N) is 1. The minimum Gasteiger partial charge on any atom is -0.313 e. The van der Waals surface area contributed by atoms with E-state index in [1.165, 1.54) is 22.3 Å². The summed E-state index contributed by atoms with van der Waals surface area (Å²) in [6.45, 7) is 8.27. The second kappa shape index (κ2) is 7.46. The summed E-state index contributed by atoms with van der Waals surface area (Å²) in [5, 5.41) is 4.46. The van der Waals surface area contributed by atoms with Gasteiger partial charge in [0, 0.05) is 18.5 Å². The third-order valence-corrected chi connectivity index (χ3v) is 4.30. The molecule has 1 aromatic carbocycles. The van der Waals surface area contributed by atoms with Gasteiger partial charge in [-0.25, -0.2) is 4.98 Å². The molecule has 0 unspecified atom stereocenters. The number of rotatable bonds is 6. The van der Waals surface area contributed by atoms with E-state index in [2.05, 4.69) is 61.4 Å². The van der Waals surface area contributed by atoms with E-state index in [4.69, 9.17) is 0 Å². The molecule has 2 nitrogen and oxygen atoms in total. The van der Waals surface area contributed by atoms with Crippen molar-refractivity contribution in [1.82, 2.24) is 10.3 Å². The van der Waals surface area contributed by atoms with Crippen LogP contribution >= 0.6 is 11.8 Å². The number of hydrogen-bond donors (Lipinski definition) is 1. The summed E-state index contributed by atoms with van der Waals surface area (Å²) in [4.78, 5) is 4.59. The number of hydrogen-bond acceptors (Lipinski definition) is 3. The first-order valence-electron chi connectivity index (χ1n) is 7.03. The van der Waals surface area contributed by atoms with Gasteiger partial charge in [-0.3, -0.25) is 0 Å². The topological polar surface area (TPSA) is 24.9 Å². The van der Waals surface area contributed by atoms with Crippen molar-refractivity contribution in [2.24, 2.45) is 0 Å². The number of nitrogens with zero attached hydrogens (tertiary/aromatic N) is 1. The van der Waals surface area contributed by atoms with Crippen molar-refractivity contribution in [2.45, 2.75) is 38.1 Å². The summed E-state index contributed by atoms with van der Waals surface area (Å²) < 4.78 is 0. The maximum absolute atomic E-state index is 4.59. The van der Waals surface area contributed by atoms with E-state index >= 15 is 0 Å². The van der Waals surface area contributed by atoms with E-state index in [9.17, 15) is 0 Å². The summed E-state index contributed by atoms with van der Waals surface area (Å²) in [5.41, 5.74) is 5.18. The molecule has 0 atom stereocenters. The van der Waals surface area contributed by atoms with E-state index in [0.29, 0.717) is 0 Å². The Bertz CT molecular complexity index is 567. The van der Waals surface area contributed by atoms with Crippen LogP contribution in [0.4, 0.5) is 0 Å². The lowest BCUT2D eigenvalue weighted by molar-refractivity contribution is 0.721. The molecular formula is C17H22N2S. The summed E-state index contributed by atoms with van der Waals surface area (Å²) in [7, 11) is 0. The van der Waals surface area contributed by atoms with Gasteiger partial charge in [0.2, 0.25) is 0 Å². The molecule has 2 rings (SSSR count). The minimum atomic E-state index is 0.896. The third-order valence-electron chi connectivity index (χ3n) is 3.12. The van der Waals surface area contributed by atoms with E-state index in [1.54, 1.807) is 0 Å². The molecule has 0 spiro atoms. The van der Waals surface area contributed by atoms with E-state index in [0.717, 1.165) is 23.9 Å². The summed E-state index contributed by atoms with van der Waals surface area (Å²) in [6.07, 6.45) is 1.98. The molecule has 0 saturated heterocycles. The molecule has 0 aliphatic rings. The average Bonchev–Trinajstić information content (AvgIpc) is 2.44. The van der Waals surface area contributed by atoms with Crippen molar-refractivity contribution in [3.05, 3.63) is 58.8 Å². The predicted octanol–water partition coefficient (Wildman–Crippen LogP) is 4.10. The van der Waals surface area contributed by atoms with Gasteiger partial charge in [-0.05, 0) is 37.1 Å². The normalized spacial score (nSPS) is 10.8. The van der Waals surface area contributed by atoms with Gasteiger partial charge >= 0.3 is 0 Å². The van der Waals surface area contributed by atoms with Gasteiger partial charge in [0.05, 0.1) is 5.03 Å². The van der Waals surface area contributed by atoms with Crippen molar-refractivity contribution < 1.29 is 0 Å². The van der Waals surface area contributed by atoms with Gasteiger partial charge in [-0.15, -0.1) is 11.8 Å². The fourth-order valence-corrected chi connectivity index (χ4v) is 2.99. The van der Waals surface area contributed by atoms with Crippen molar-refractivity contribution in [3.8, 4) is 0 Å². The zero-order valence-corrected chi connectivity index (χ0v) is 13.3. The van der Waals surface area contributed by atoms with Crippen LogP contribution in [-0.2, 0) is 12.3 Å². The highest BCUT2D eigenvalue weighted by atomic mass is 32.2. The van der Waals surface area contributed by atoms with Crippen LogP contribution in [0.5, 0.6) is 0 Å². The Kier molecular flexibility index (Phi) is 5.62. The van der Waals surface area contributed by atoms with Gasteiger partial charge in [-0.2, -0.15) is 0 Å². The molecule has 0 saturated carbocycles. The van der Waals surface area contributed by atoms with Gasteiger partial charge < -0.3 is 5.32 Å². The van der Waals surface area contributed by atoms with Gasteiger partial charge in [-0.1, -0.05) is 42.8 Å². The van der Waals surface area contributed by atoms with Crippen molar-refractivity contribution in [2.75, 3.05) is 6.54 Å².